The molecular weight excluding hydrogens is 290 g/mol. The number of nitrogens with zero attached hydrogens (tertiary/aromatic N) is 1. The van der Waals surface area contributed by atoms with Crippen LogP contribution < -0.4 is 4.74 Å². The SMILES string of the molecule is O=C(C1CCCC1)N(CCOc1ccccc1)CC1CCCO1. The molecule has 4 heteroatoms. The summed E-state index contributed by atoms with van der Waals surface area (Å²) in [4.78, 5) is 14.8. The van der Waals surface area contributed by atoms with Gasteiger partial charge >= 0.3 is 0 Å². The van der Waals surface area contributed by atoms with Crippen LogP contribution in [0.15, 0.2) is 30.3 Å². The Morgan fingerprint density at radius 1 is 1.13 bits per heavy atom. The number of para-hydroxylation sites is 1. The van der Waals surface area contributed by atoms with Crippen LogP contribution in [0.25, 0.3) is 0 Å². The van der Waals surface area contributed by atoms with E-state index in [0.29, 0.717) is 25.6 Å². The lowest BCUT2D eigenvalue weighted by Gasteiger charge is -2.28. The third-order valence-corrected chi connectivity index (χ3v) is 4.84. The molecule has 1 aliphatic heterocycles. The van der Waals surface area contributed by atoms with Gasteiger partial charge in [-0.2, -0.15) is 0 Å². The lowest BCUT2D eigenvalue weighted by Crippen LogP contribution is -2.42. The van der Waals surface area contributed by atoms with Gasteiger partial charge in [-0.25, -0.2) is 0 Å². The minimum absolute atomic E-state index is 0.206. The molecule has 2 aliphatic rings. The quantitative estimate of drug-likeness (QED) is 0.775. The Labute approximate surface area is 138 Å². The molecule has 0 spiro atoms. The molecule has 1 amide bonds. The number of hydrogen-bond acceptors (Lipinski definition) is 3. The smallest absolute Gasteiger partial charge is 0.225 e. The normalized spacial score (nSPS) is 21.5. The zero-order valence-electron chi connectivity index (χ0n) is 13.8. The zero-order chi connectivity index (χ0) is 15.9. The van der Waals surface area contributed by atoms with Gasteiger partial charge in [-0.3, -0.25) is 4.79 Å². The van der Waals surface area contributed by atoms with E-state index < -0.39 is 0 Å². The predicted octanol–water partition coefficient (Wildman–Crippen LogP) is 3.26. The van der Waals surface area contributed by atoms with E-state index in [9.17, 15) is 4.79 Å². The number of carbonyl (C=O) groups is 1. The summed E-state index contributed by atoms with van der Waals surface area (Å²) in [6, 6.07) is 9.79. The Bertz CT molecular complexity index is 479. The molecule has 3 rings (SSSR count). The molecule has 1 saturated carbocycles. The third-order valence-electron chi connectivity index (χ3n) is 4.84. The summed E-state index contributed by atoms with van der Waals surface area (Å²) in [6.07, 6.45) is 6.83. The molecule has 1 aliphatic carbocycles. The molecule has 0 bridgehead atoms. The first kappa shape index (κ1) is 16.3. The highest BCUT2D eigenvalue weighted by molar-refractivity contribution is 5.79. The van der Waals surface area contributed by atoms with Crippen LogP contribution >= 0.6 is 0 Å². The summed E-state index contributed by atoms with van der Waals surface area (Å²) in [5, 5.41) is 0. The molecule has 4 nitrogen and oxygen atoms in total. The molecule has 126 valence electrons. The van der Waals surface area contributed by atoms with Crippen molar-refractivity contribution in [1.29, 1.82) is 0 Å². The summed E-state index contributed by atoms with van der Waals surface area (Å²) in [5.41, 5.74) is 0. The highest BCUT2D eigenvalue weighted by Gasteiger charge is 2.29. The van der Waals surface area contributed by atoms with E-state index in [1.54, 1.807) is 0 Å². The number of carbonyl (C=O) groups excluding carboxylic acids is 1. The Morgan fingerprint density at radius 3 is 2.61 bits per heavy atom. The second-order valence-corrected chi connectivity index (χ2v) is 6.56. The van der Waals surface area contributed by atoms with Gasteiger partial charge in [0.15, 0.2) is 0 Å². The summed E-state index contributed by atoms with van der Waals surface area (Å²) < 4.78 is 11.5. The van der Waals surface area contributed by atoms with Crippen LogP contribution in [0.5, 0.6) is 5.75 Å². The van der Waals surface area contributed by atoms with Gasteiger partial charge in [-0.05, 0) is 37.8 Å². The van der Waals surface area contributed by atoms with Gasteiger partial charge in [-0.15, -0.1) is 0 Å². The number of hydrogen-bond donors (Lipinski definition) is 0. The van der Waals surface area contributed by atoms with Crippen LogP contribution in [-0.2, 0) is 9.53 Å². The van der Waals surface area contributed by atoms with E-state index in [4.69, 9.17) is 9.47 Å². The third kappa shape index (κ3) is 4.71. The number of ether oxygens (including phenoxy) is 2. The van der Waals surface area contributed by atoms with Gasteiger partial charge in [0, 0.05) is 19.1 Å². The summed E-state index contributed by atoms with van der Waals surface area (Å²) >= 11 is 0. The van der Waals surface area contributed by atoms with Crippen molar-refractivity contribution in [3.8, 4) is 5.75 Å². The van der Waals surface area contributed by atoms with Crippen molar-refractivity contribution in [3.05, 3.63) is 30.3 Å². The Balaban J connectivity index is 1.53. The largest absolute Gasteiger partial charge is 0.492 e. The van der Waals surface area contributed by atoms with Crippen LogP contribution in [0.1, 0.15) is 38.5 Å². The van der Waals surface area contributed by atoms with Crippen LogP contribution in [0.2, 0.25) is 0 Å². The Morgan fingerprint density at radius 2 is 1.91 bits per heavy atom. The minimum Gasteiger partial charge on any atom is -0.492 e. The van der Waals surface area contributed by atoms with E-state index in [1.165, 1.54) is 12.8 Å². The highest BCUT2D eigenvalue weighted by Crippen LogP contribution is 2.27. The summed E-state index contributed by atoms with van der Waals surface area (Å²) in [5.74, 6) is 1.38. The lowest BCUT2D eigenvalue weighted by molar-refractivity contribution is -0.137. The molecule has 1 aromatic rings. The topological polar surface area (TPSA) is 38.8 Å². The van der Waals surface area contributed by atoms with Crippen LogP contribution in [-0.4, -0.2) is 43.2 Å². The van der Waals surface area contributed by atoms with E-state index >= 15 is 0 Å². The van der Waals surface area contributed by atoms with Crippen LogP contribution in [0.4, 0.5) is 0 Å². The highest BCUT2D eigenvalue weighted by atomic mass is 16.5. The van der Waals surface area contributed by atoms with Crippen LogP contribution in [0.3, 0.4) is 0 Å². The fraction of sp³-hybridized carbons (Fsp3) is 0.632. The van der Waals surface area contributed by atoms with E-state index in [0.717, 1.165) is 38.0 Å². The molecule has 2 fully saturated rings. The van der Waals surface area contributed by atoms with E-state index in [2.05, 4.69) is 0 Å². The first-order chi connectivity index (χ1) is 11.3. The second-order valence-electron chi connectivity index (χ2n) is 6.56. The van der Waals surface area contributed by atoms with Crippen molar-refractivity contribution in [2.24, 2.45) is 5.92 Å². The van der Waals surface area contributed by atoms with Gasteiger partial charge in [0.05, 0.1) is 12.6 Å². The first-order valence-corrected chi connectivity index (χ1v) is 8.91. The maximum atomic E-state index is 12.8. The molecular formula is C19H27NO3. The van der Waals surface area contributed by atoms with E-state index in [1.807, 2.05) is 35.2 Å². The fourth-order valence-electron chi connectivity index (χ4n) is 3.55. The summed E-state index contributed by atoms with van der Waals surface area (Å²) in [6.45, 7) is 2.73. The molecule has 1 unspecified atom stereocenters. The average molecular weight is 317 g/mol. The van der Waals surface area contributed by atoms with E-state index in [-0.39, 0.29) is 12.0 Å². The van der Waals surface area contributed by atoms with Crippen molar-refractivity contribution in [3.63, 3.8) is 0 Å². The monoisotopic (exact) mass is 317 g/mol. The first-order valence-electron chi connectivity index (χ1n) is 8.91. The lowest BCUT2D eigenvalue weighted by atomic mass is 10.1. The van der Waals surface area contributed by atoms with Gasteiger partial charge in [0.25, 0.3) is 0 Å². The molecule has 0 aromatic heterocycles. The number of rotatable bonds is 7. The Kier molecular flexibility index (Phi) is 5.92. The van der Waals surface area contributed by atoms with Gasteiger partial charge in [0.2, 0.25) is 5.91 Å². The van der Waals surface area contributed by atoms with Gasteiger partial charge < -0.3 is 14.4 Å². The van der Waals surface area contributed by atoms with Crippen molar-refractivity contribution in [1.82, 2.24) is 4.90 Å². The molecule has 1 heterocycles. The van der Waals surface area contributed by atoms with Gasteiger partial charge in [-0.1, -0.05) is 31.0 Å². The molecule has 1 aromatic carbocycles. The number of benzene rings is 1. The molecule has 1 atom stereocenters. The maximum Gasteiger partial charge on any atom is 0.225 e. The van der Waals surface area contributed by atoms with Crippen molar-refractivity contribution in [2.75, 3.05) is 26.3 Å². The molecule has 0 N–H and O–H groups in total. The maximum absolute atomic E-state index is 12.8. The average Bonchev–Trinajstić information content (AvgIpc) is 3.28. The number of amides is 1. The predicted molar refractivity (Wildman–Crippen MR) is 89.4 cm³/mol. The summed E-state index contributed by atoms with van der Waals surface area (Å²) in [7, 11) is 0. The van der Waals surface area contributed by atoms with Crippen LogP contribution in [0, 0.1) is 5.92 Å². The van der Waals surface area contributed by atoms with Crippen molar-refractivity contribution in [2.45, 2.75) is 44.6 Å². The second kappa shape index (κ2) is 8.34. The van der Waals surface area contributed by atoms with Crippen molar-refractivity contribution >= 4 is 5.91 Å². The zero-order valence-corrected chi connectivity index (χ0v) is 13.8. The molecule has 23 heavy (non-hydrogen) atoms. The minimum atomic E-state index is 0.206. The molecule has 1 saturated heterocycles. The van der Waals surface area contributed by atoms with Crippen molar-refractivity contribution < 1.29 is 14.3 Å². The standard InChI is InChI=1S/C19H27NO3/c21-19(16-7-4-5-8-16)20(15-18-11-6-13-22-18)12-14-23-17-9-2-1-3-10-17/h1-3,9-10,16,18H,4-8,11-15H2. The fourth-order valence-corrected chi connectivity index (χ4v) is 3.55. The molecule has 0 radical (unpaired) electrons. The Hall–Kier alpha value is -1.55. The van der Waals surface area contributed by atoms with Gasteiger partial charge in [0.1, 0.15) is 12.4 Å².